The Morgan fingerprint density at radius 3 is 2.27 bits per heavy atom. The number of benzene rings is 2. The first-order valence-corrected chi connectivity index (χ1v) is 9.59. The number of nitrogens with zero attached hydrogens (tertiary/aromatic N) is 1. The molecule has 26 heavy (non-hydrogen) atoms. The number of methoxy groups -OCH3 is 2. The highest BCUT2D eigenvalue weighted by Crippen LogP contribution is 2.38. The molecule has 2 aromatic carbocycles. The van der Waals surface area contributed by atoms with Crippen molar-refractivity contribution in [1.29, 1.82) is 5.26 Å². The summed E-state index contributed by atoms with van der Waals surface area (Å²) in [4.78, 5) is -0.137. The molecule has 0 amide bonds. The van der Waals surface area contributed by atoms with Crippen molar-refractivity contribution < 1.29 is 26.8 Å². The molecule has 138 valence electrons. The molecule has 0 bridgehead atoms. The fraction of sp³-hybridized carbons (Fsp3) is 0.235. The van der Waals surface area contributed by atoms with E-state index in [1.165, 1.54) is 44.6 Å². The van der Waals surface area contributed by atoms with Crippen LogP contribution < -0.4 is 18.4 Å². The maximum Gasteiger partial charge on any atom is 0.340 e. The molecule has 0 aliphatic heterocycles. The molecule has 0 spiro atoms. The average molecular weight is 442 g/mol. The van der Waals surface area contributed by atoms with E-state index < -0.39 is 10.1 Å². The molecule has 0 saturated carbocycles. The van der Waals surface area contributed by atoms with Crippen LogP contribution in [0.4, 0.5) is 0 Å². The summed E-state index contributed by atoms with van der Waals surface area (Å²) in [7, 11) is -1.36. The van der Waals surface area contributed by atoms with Gasteiger partial charge in [0.05, 0.1) is 32.5 Å². The van der Waals surface area contributed by atoms with Crippen molar-refractivity contribution in [3.8, 4) is 29.1 Å². The number of hydrogen-bond acceptors (Lipinski definition) is 7. The van der Waals surface area contributed by atoms with E-state index in [4.69, 9.17) is 23.7 Å². The van der Waals surface area contributed by atoms with Gasteiger partial charge in [-0.05, 0) is 41.1 Å². The highest BCUT2D eigenvalue weighted by molar-refractivity contribution is 9.10. The fourth-order valence-corrected chi connectivity index (χ4v) is 4.04. The van der Waals surface area contributed by atoms with E-state index in [9.17, 15) is 8.42 Å². The first-order chi connectivity index (χ1) is 12.4. The molecule has 0 aliphatic rings. The Balaban J connectivity index is 2.48. The number of nitriles is 1. The van der Waals surface area contributed by atoms with E-state index in [-0.39, 0.29) is 33.2 Å². The van der Waals surface area contributed by atoms with Crippen LogP contribution in [0.25, 0.3) is 0 Å². The largest absolute Gasteiger partial charge is 0.493 e. The van der Waals surface area contributed by atoms with Crippen molar-refractivity contribution in [2.24, 2.45) is 0 Å². The van der Waals surface area contributed by atoms with Crippen molar-refractivity contribution in [3.05, 3.63) is 40.4 Å². The van der Waals surface area contributed by atoms with Crippen LogP contribution in [0.5, 0.6) is 23.0 Å². The summed E-state index contributed by atoms with van der Waals surface area (Å²) in [5.41, 5.74) is 0.325. The Hall–Kier alpha value is -2.44. The molecule has 0 heterocycles. The van der Waals surface area contributed by atoms with Gasteiger partial charge in [0.2, 0.25) is 0 Å². The van der Waals surface area contributed by atoms with Crippen LogP contribution in [0.1, 0.15) is 12.5 Å². The predicted molar refractivity (Wildman–Crippen MR) is 97.4 cm³/mol. The number of halogens is 1. The SMILES string of the molecule is CCOc1cc(C#N)ccc1OS(=O)(=O)c1cc(OC)c(OC)cc1Br. The number of hydrogen-bond donors (Lipinski definition) is 0. The maximum atomic E-state index is 12.7. The topological polar surface area (TPSA) is 94.9 Å². The molecule has 2 rings (SSSR count). The van der Waals surface area contributed by atoms with Crippen LogP contribution in [0.2, 0.25) is 0 Å². The molecule has 0 aromatic heterocycles. The molecule has 7 nitrogen and oxygen atoms in total. The summed E-state index contributed by atoms with van der Waals surface area (Å²) in [6.45, 7) is 2.02. The standard InChI is InChI=1S/C17H16BrNO6S/c1-4-24-16-7-11(10-19)5-6-13(16)25-26(20,21)17-9-15(23-3)14(22-2)8-12(17)18/h5-9H,4H2,1-3H3. The molecule has 9 heteroatoms. The summed E-state index contributed by atoms with van der Waals surface area (Å²) in [6, 6.07) is 8.95. The molecule has 0 unspecified atom stereocenters. The molecule has 0 atom stereocenters. The summed E-state index contributed by atoms with van der Waals surface area (Å²) >= 11 is 3.20. The van der Waals surface area contributed by atoms with Gasteiger partial charge in [0.1, 0.15) is 4.90 Å². The Bertz CT molecular complexity index is 952. The molecule has 0 aliphatic carbocycles. The van der Waals surface area contributed by atoms with Gasteiger partial charge in [0.15, 0.2) is 23.0 Å². The van der Waals surface area contributed by atoms with Gasteiger partial charge in [0, 0.05) is 16.6 Å². The van der Waals surface area contributed by atoms with Crippen LogP contribution in [0.15, 0.2) is 39.7 Å². The minimum absolute atomic E-state index is 0.0208. The lowest BCUT2D eigenvalue weighted by molar-refractivity contribution is 0.327. The van der Waals surface area contributed by atoms with Crippen LogP contribution in [0.3, 0.4) is 0 Å². The Morgan fingerprint density at radius 2 is 1.69 bits per heavy atom. The third kappa shape index (κ3) is 4.20. The smallest absolute Gasteiger partial charge is 0.340 e. The highest BCUT2D eigenvalue weighted by atomic mass is 79.9. The van der Waals surface area contributed by atoms with Crippen molar-refractivity contribution >= 4 is 26.0 Å². The van der Waals surface area contributed by atoms with Crippen LogP contribution in [-0.2, 0) is 10.1 Å². The first kappa shape index (κ1) is 19.9. The van der Waals surface area contributed by atoms with Crippen LogP contribution >= 0.6 is 15.9 Å². The van der Waals surface area contributed by atoms with Gasteiger partial charge >= 0.3 is 10.1 Å². The van der Waals surface area contributed by atoms with Gasteiger partial charge in [0.25, 0.3) is 0 Å². The molecule has 0 fully saturated rings. The Labute approximate surface area is 160 Å². The zero-order chi connectivity index (χ0) is 19.3. The van der Waals surface area contributed by atoms with Crippen molar-refractivity contribution in [1.82, 2.24) is 0 Å². The number of rotatable bonds is 7. The average Bonchev–Trinajstić information content (AvgIpc) is 2.62. The third-order valence-electron chi connectivity index (χ3n) is 3.28. The molecular formula is C17H16BrNO6S. The Morgan fingerprint density at radius 1 is 1.04 bits per heavy atom. The van der Waals surface area contributed by atoms with Crippen molar-refractivity contribution in [2.75, 3.05) is 20.8 Å². The molecule has 0 saturated heterocycles. The molecule has 0 N–H and O–H groups in total. The van der Waals surface area contributed by atoms with Gasteiger partial charge in [-0.2, -0.15) is 13.7 Å². The van der Waals surface area contributed by atoms with Gasteiger partial charge < -0.3 is 18.4 Å². The lowest BCUT2D eigenvalue weighted by Crippen LogP contribution is -2.12. The summed E-state index contributed by atoms with van der Waals surface area (Å²) in [6.07, 6.45) is 0. The monoisotopic (exact) mass is 441 g/mol. The zero-order valence-electron chi connectivity index (χ0n) is 14.3. The predicted octanol–water partition coefficient (Wildman–Crippen LogP) is 3.50. The quantitative estimate of drug-likeness (QED) is 0.606. The van der Waals surface area contributed by atoms with Gasteiger partial charge in [-0.3, -0.25) is 0 Å². The minimum atomic E-state index is -4.21. The highest BCUT2D eigenvalue weighted by Gasteiger charge is 2.25. The summed E-state index contributed by atoms with van der Waals surface area (Å²) in [5, 5.41) is 8.98. The zero-order valence-corrected chi connectivity index (χ0v) is 16.7. The van der Waals surface area contributed by atoms with E-state index in [1.54, 1.807) is 6.92 Å². The van der Waals surface area contributed by atoms with Gasteiger partial charge in [-0.1, -0.05) is 0 Å². The molecular weight excluding hydrogens is 426 g/mol. The van der Waals surface area contributed by atoms with E-state index in [0.717, 1.165) is 0 Å². The van der Waals surface area contributed by atoms with E-state index >= 15 is 0 Å². The Kier molecular flexibility index (Phi) is 6.34. The lowest BCUT2D eigenvalue weighted by atomic mass is 10.2. The van der Waals surface area contributed by atoms with E-state index in [0.29, 0.717) is 11.3 Å². The minimum Gasteiger partial charge on any atom is -0.493 e. The second-order valence-electron chi connectivity index (χ2n) is 4.88. The normalized spacial score (nSPS) is 10.7. The lowest BCUT2D eigenvalue weighted by Gasteiger charge is -2.14. The summed E-state index contributed by atoms with van der Waals surface area (Å²) < 4.78 is 46.6. The van der Waals surface area contributed by atoms with Crippen LogP contribution in [-0.4, -0.2) is 29.2 Å². The third-order valence-corrected chi connectivity index (χ3v) is 5.47. The van der Waals surface area contributed by atoms with Crippen LogP contribution in [0, 0.1) is 11.3 Å². The maximum absolute atomic E-state index is 12.7. The van der Waals surface area contributed by atoms with Crippen molar-refractivity contribution in [2.45, 2.75) is 11.8 Å². The van der Waals surface area contributed by atoms with Crippen molar-refractivity contribution in [3.63, 3.8) is 0 Å². The summed E-state index contributed by atoms with van der Waals surface area (Å²) in [5.74, 6) is 0.744. The second kappa shape index (κ2) is 8.29. The van der Waals surface area contributed by atoms with E-state index in [1.807, 2.05) is 6.07 Å². The first-order valence-electron chi connectivity index (χ1n) is 7.39. The molecule has 0 radical (unpaired) electrons. The fourth-order valence-electron chi connectivity index (χ4n) is 2.10. The molecule has 2 aromatic rings. The van der Waals surface area contributed by atoms with Gasteiger partial charge in [-0.25, -0.2) is 0 Å². The number of ether oxygens (including phenoxy) is 3. The second-order valence-corrected chi connectivity index (χ2v) is 7.25. The van der Waals surface area contributed by atoms with E-state index in [2.05, 4.69) is 15.9 Å². The van der Waals surface area contributed by atoms with Gasteiger partial charge in [-0.15, -0.1) is 0 Å².